The summed E-state index contributed by atoms with van der Waals surface area (Å²) in [5.74, 6) is -1.33. The van der Waals surface area contributed by atoms with E-state index in [-0.39, 0.29) is 26.4 Å². The molecule has 0 saturated carbocycles. The summed E-state index contributed by atoms with van der Waals surface area (Å²) in [5, 5.41) is 19.8. The van der Waals surface area contributed by atoms with E-state index in [1.54, 1.807) is 20.8 Å². The number of aliphatic hydroxyl groups is 1. The molecule has 1 unspecified atom stereocenters. The van der Waals surface area contributed by atoms with Gasteiger partial charge in [0.05, 0.1) is 26.4 Å². The standard InChI is InChI=1S/C12H23NO7/c1-12(2,3)20-11(17)13-4-5-18-6-7-19-8-9(14)10(15)16/h9,14H,4-8H2,1-3H3,(H,13,17)(H,15,16). The van der Waals surface area contributed by atoms with E-state index in [0.29, 0.717) is 6.54 Å². The highest BCUT2D eigenvalue weighted by Crippen LogP contribution is 2.05. The van der Waals surface area contributed by atoms with Crippen molar-refractivity contribution >= 4 is 12.1 Å². The van der Waals surface area contributed by atoms with Crippen molar-refractivity contribution in [2.24, 2.45) is 0 Å². The minimum Gasteiger partial charge on any atom is -0.479 e. The Morgan fingerprint density at radius 1 is 1.15 bits per heavy atom. The van der Waals surface area contributed by atoms with Crippen molar-refractivity contribution in [1.82, 2.24) is 5.32 Å². The predicted molar refractivity (Wildman–Crippen MR) is 69.5 cm³/mol. The molecule has 118 valence electrons. The van der Waals surface area contributed by atoms with Crippen LogP contribution in [0.2, 0.25) is 0 Å². The normalized spacial score (nSPS) is 12.8. The summed E-state index contributed by atoms with van der Waals surface area (Å²) in [6.07, 6.45) is -2.04. The Labute approximate surface area is 118 Å². The van der Waals surface area contributed by atoms with Crippen LogP contribution in [0.3, 0.4) is 0 Å². The van der Waals surface area contributed by atoms with Gasteiger partial charge in [-0.3, -0.25) is 0 Å². The Morgan fingerprint density at radius 2 is 1.75 bits per heavy atom. The van der Waals surface area contributed by atoms with E-state index in [1.807, 2.05) is 0 Å². The van der Waals surface area contributed by atoms with Crippen LogP contribution in [0.25, 0.3) is 0 Å². The van der Waals surface area contributed by atoms with Gasteiger partial charge in [0, 0.05) is 6.54 Å². The Bertz CT molecular complexity index is 301. The van der Waals surface area contributed by atoms with Gasteiger partial charge in [-0.05, 0) is 20.8 Å². The van der Waals surface area contributed by atoms with E-state index in [9.17, 15) is 9.59 Å². The van der Waals surface area contributed by atoms with Gasteiger partial charge in [0.2, 0.25) is 0 Å². The number of carbonyl (C=O) groups is 2. The number of carboxylic acids is 1. The van der Waals surface area contributed by atoms with Crippen molar-refractivity contribution in [3.63, 3.8) is 0 Å². The lowest BCUT2D eigenvalue weighted by atomic mass is 10.2. The van der Waals surface area contributed by atoms with Crippen molar-refractivity contribution in [3.8, 4) is 0 Å². The first kappa shape index (κ1) is 18.6. The van der Waals surface area contributed by atoms with Gasteiger partial charge < -0.3 is 29.7 Å². The monoisotopic (exact) mass is 293 g/mol. The quantitative estimate of drug-likeness (QED) is 0.512. The molecule has 0 aliphatic heterocycles. The largest absolute Gasteiger partial charge is 0.479 e. The summed E-state index contributed by atoms with van der Waals surface area (Å²) >= 11 is 0. The lowest BCUT2D eigenvalue weighted by molar-refractivity contribution is -0.150. The molecular weight excluding hydrogens is 270 g/mol. The molecule has 8 heteroatoms. The van der Waals surface area contributed by atoms with Gasteiger partial charge >= 0.3 is 12.1 Å². The molecule has 1 amide bonds. The fourth-order valence-corrected chi connectivity index (χ4v) is 1.03. The average molecular weight is 293 g/mol. The molecule has 0 aromatic rings. The lowest BCUT2D eigenvalue weighted by Gasteiger charge is -2.19. The van der Waals surface area contributed by atoms with E-state index < -0.39 is 23.8 Å². The molecule has 1 atom stereocenters. The van der Waals surface area contributed by atoms with Crippen LogP contribution in [0.15, 0.2) is 0 Å². The van der Waals surface area contributed by atoms with E-state index in [2.05, 4.69) is 5.32 Å². The number of carbonyl (C=O) groups excluding carboxylic acids is 1. The van der Waals surface area contributed by atoms with Crippen LogP contribution in [0.1, 0.15) is 20.8 Å². The van der Waals surface area contributed by atoms with Crippen molar-refractivity contribution in [2.75, 3.05) is 33.0 Å². The maximum atomic E-state index is 11.2. The van der Waals surface area contributed by atoms with Crippen LogP contribution in [0.4, 0.5) is 4.79 Å². The first-order valence-corrected chi connectivity index (χ1v) is 6.25. The molecule has 8 nitrogen and oxygen atoms in total. The average Bonchev–Trinajstić information content (AvgIpc) is 2.29. The SMILES string of the molecule is CC(C)(C)OC(=O)NCCOCCOCC(O)C(=O)O. The minimum atomic E-state index is -1.52. The van der Waals surface area contributed by atoms with Crippen molar-refractivity contribution in [2.45, 2.75) is 32.5 Å². The molecule has 0 rings (SSSR count). The van der Waals surface area contributed by atoms with Crippen LogP contribution >= 0.6 is 0 Å². The highest BCUT2D eigenvalue weighted by Gasteiger charge is 2.15. The Hall–Kier alpha value is -1.38. The molecule has 0 aliphatic carbocycles. The summed E-state index contributed by atoms with van der Waals surface area (Å²) in [6, 6.07) is 0. The molecule has 0 aromatic heterocycles. The number of hydrogen-bond donors (Lipinski definition) is 3. The Balaban J connectivity index is 3.37. The summed E-state index contributed by atoms with van der Waals surface area (Å²) in [7, 11) is 0. The van der Waals surface area contributed by atoms with Crippen molar-refractivity contribution in [3.05, 3.63) is 0 Å². The number of nitrogens with one attached hydrogen (secondary N) is 1. The minimum absolute atomic E-state index is 0.163. The topological polar surface area (TPSA) is 114 Å². The number of amides is 1. The maximum absolute atomic E-state index is 11.2. The second-order valence-electron chi connectivity index (χ2n) is 4.97. The molecule has 0 radical (unpaired) electrons. The van der Waals surface area contributed by atoms with Crippen LogP contribution in [0.5, 0.6) is 0 Å². The molecule has 0 bridgehead atoms. The molecule has 0 heterocycles. The second-order valence-corrected chi connectivity index (χ2v) is 4.97. The van der Waals surface area contributed by atoms with Crippen LogP contribution in [0, 0.1) is 0 Å². The third kappa shape index (κ3) is 11.7. The van der Waals surface area contributed by atoms with Crippen molar-refractivity contribution < 1.29 is 34.0 Å². The first-order valence-electron chi connectivity index (χ1n) is 6.25. The molecule has 20 heavy (non-hydrogen) atoms. The number of aliphatic hydroxyl groups excluding tert-OH is 1. The zero-order valence-corrected chi connectivity index (χ0v) is 12.0. The van der Waals surface area contributed by atoms with E-state index in [4.69, 9.17) is 24.4 Å². The van der Waals surface area contributed by atoms with Gasteiger partial charge in [-0.2, -0.15) is 0 Å². The van der Waals surface area contributed by atoms with Gasteiger partial charge in [0.1, 0.15) is 5.60 Å². The van der Waals surface area contributed by atoms with Crippen LogP contribution in [-0.2, 0) is 19.0 Å². The number of alkyl carbamates (subject to hydrolysis) is 1. The summed E-state index contributed by atoms with van der Waals surface area (Å²) < 4.78 is 15.0. The Morgan fingerprint density at radius 3 is 2.30 bits per heavy atom. The Kier molecular flexibility index (Phi) is 8.86. The zero-order chi connectivity index (χ0) is 15.6. The second kappa shape index (κ2) is 9.51. The highest BCUT2D eigenvalue weighted by atomic mass is 16.6. The number of hydrogen-bond acceptors (Lipinski definition) is 6. The fraction of sp³-hybridized carbons (Fsp3) is 0.833. The molecule has 0 aliphatic rings. The smallest absolute Gasteiger partial charge is 0.407 e. The third-order valence-electron chi connectivity index (χ3n) is 1.85. The van der Waals surface area contributed by atoms with Crippen LogP contribution < -0.4 is 5.32 Å². The predicted octanol–water partition coefficient (Wildman–Crippen LogP) is -0.0102. The molecule has 0 spiro atoms. The third-order valence-corrected chi connectivity index (χ3v) is 1.85. The fourth-order valence-electron chi connectivity index (χ4n) is 1.03. The highest BCUT2D eigenvalue weighted by molar-refractivity contribution is 5.71. The van der Waals surface area contributed by atoms with Gasteiger partial charge in [-0.1, -0.05) is 0 Å². The maximum Gasteiger partial charge on any atom is 0.407 e. The molecule has 0 saturated heterocycles. The number of rotatable bonds is 9. The molecule has 0 fully saturated rings. The van der Waals surface area contributed by atoms with E-state index >= 15 is 0 Å². The first-order chi connectivity index (χ1) is 9.22. The van der Waals surface area contributed by atoms with Crippen LogP contribution in [-0.4, -0.2) is 67.0 Å². The van der Waals surface area contributed by atoms with Gasteiger partial charge in [0.15, 0.2) is 6.10 Å². The van der Waals surface area contributed by atoms with Crippen molar-refractivity contribution in [1.29, 1.82) is 0 Å². The molecule has 3 N–H and O–H groups in total. The summed E-state index contributed by atoms with van der Waals surface area (Å²) in [5.41, 5.74) is -0.538. The van der Waals surface area contributed by atoms with Gasteiger partial charge in [-0.15, -0.1) is 0 Å². The number of carboxylic acid groups (broad SMARTS) is 1. The zero-order valence-electron chi connectivity index (χ0n) is 12.0. The van der Waals surface area contributed by atoms with Gasteiger partial charge in [-0.25, -0.2) is 9.59 Å². The molecular formula is C12H23NO7. The van der Waals surface area contributed by atoms with E-state index in [1.165, 1.54) is 0 Å². The number of aliphatic carboxylic acids is 1. The van der Waals surface area contributed by atoms with Gasteiger partial charge in [0.25, 0.3) is 0 Å². The summed E-state index contributed by atoms with van der Waals surface area (Å²) in [6.45, 7) is 6.01. The van der Waals surface area contributed by atoms with E-state index in [0.717, 1.165) is 0 Å². The summed E-state index contributed by atoms with van der Waals surface area (Å²) in [4.78, 5) is 21.5. The number of ether oxygens (including phenoxy) is 3. The lowest BCUT2D eigenvalue weighted by Crippen LogP contribution is -2.34. The molecule has 0 aromatic carbocycles.